The number of fused-ring (bicyclic) bond motifs is 3. The number of carboxylic acids is 4. The van der Waals surface area contributed by atoms with Gasteiger partial charge in [0.2, 0.25) is 0 Å². The lowest BCUT2D eigenvalue weighted by Gasteiger charge is -2.35. The maximum atomic E-state index is 10.0. The van der Waals surface area contributed by atoms with Gasteiger partial charge in [0.15, 0.2) is 24.4 Å². The van der Waals surface area contributed by atoms with Gasteiger partial charge in [0.25, 0.3) is 0 Å². The molecule has 9 aromatic carbocycles. The third-order valence-corrected chi connectivity index (χ3v) is 22.6. The minimum absolute atomic E-state index is 0.271. The van der Waals surface area contributed by atoms with Gasteiger partial charge in [0.05, 0.1) is 7.11 Å². The Bertz CT molecular complexity index is 4340. The van der Waals surface area contributed by atoms with Gasteiger partial charge >= 0.3 is 27.1 Å². The van der Waals surface area contributed by atoms with E-state index in [2.05, 4.69) is 256 Å². The molecule has 3 aliphatic heterocycles. The summed E-state index contributed by atoms with van der Waals surface area (Å²) in [6.07, 6.45) is 5.24. The molecule has 10 N–H and O–H groups in total. The summed E-state index contributed by atoms with van der Waals surface area (Å²) >= 11 is 9.31. The number of phenols is 2. The summed E-state index contributed by atoms with van der Waals surface area (Å²) in [4.78, 5) is 46.5. The Morgan fingerprint density at radius 1 is 0.356 bits per heavy atom. The standard InChI is InChI=1S/C29H33NO2.2C28H31NO2.2C4H6O6.BBr3/c1-31-26-14-16-28-24(21-26)11-15-27(22-7-3-2-4-8-22)29(28)23-9-12-25(13-10-23)32-20-19-30-17-5-6-18-30;2*30-24-11-15-27-23(20-24)10-14-26(21-6-2-1-3-7-21)28(27)22-8-12-25(13-9-22)31-19-18-29-16-4-5-17-29;2*5-1(3(7)8)2(6)4(9)10;2-1(3)4/h2-4,7-10,12-14,16,21,27,29H,5-6,11,15,17-20H2,1H3;2*1-3,6-9,11-13,15,20,26,28,30H,4-5,10,14,16-19H2;2*1-2,5-6H,(H,7,8)(H,9,10);/t27-,29+;2*26-,28+;2*1-,2-;/m11100./s1. The molecule has 21 nitrogen and oxygen atoms in total. The molecule has 0 spiro atoms. The van der Waals surface area contributed by atoms with E-state index in [1.54, 1.807) is 7.11 Å². The molecule has 0 unspecified atom stereocenters. The Morgan fingerprint density at radius 3 is 0.856 bits per heavy atom. The highest BCUT2D eigenvalue weighted by molar-refractivity contribution is 9.69. The molecule has 0 amide bonds. The van der Waals surface area contributed by atoms with Gasteiger partial charge in [-0.1, -0.05) is 146 Å². The van der Waals surface area contributed by atoms with E-state index < -0.39 is 48.3 Å². The number of likely N-dealkylation sites (tertiary alicyclic amines) is 3. The first-order chi connectivity index (χ1) is 57.0. The van der Waals surface area contributed by atoms with Gasteiger partial charge in [0, 0.05) is 37.4 Å². The fraction of sp³-hybridized carbons (Fsp3) is 0.376. The quantitative estimate of drug-likeness (QED) is 0.0238. The van der Waals surface area contributed by atoms with E-state index >= 15 is 0 Å². The molecule has 0 bridgehead atoms. The lowest BCUT2D eigenvalue weighted by molar-refractivity contribution is -0.165. The van der Waals surface area contributed by atoms with Crippen molar-refractivity contribution in [1.82, 2.24) is 14.7 Å². The molecule has 25 heteroatoms. The fourth-order valence-electron chi connectivity index (χ4n) is 16.7. The molecular formula is C93H107BBr3N3O18. The molecule has 0 saturated carbocycles. The molecule has 0 aromatic heterocycles. The van der Waals surface area contributed by atoms with Crippen molar-refractivity contribution in [3.8, 4) is 34.5 Å². The Hall–Kier alpha value is -9.12. The fourth-order valence-corrected chi connectivity index (χ4v) is 16.7. The lowest BCUT2D eigenvalue weighted by atomic mass is 9.69. The number of rotatable bonds is 25. The van der Waals surface area contributed by atoms with Crippen molar-refractivity contribution in [1.29, 1.82) is 0 Å². The van der Waals surface area contributed by atoms with E-state index in [1.807, 2.05) is 24.3 Å². The van der Waals surface area contributed by atoms with Gasteiger partial charge in [-0.05, 0) is 274 Å². The predicted octanol–water partition coefficient (Wildman–Crippen LogP) is 15.4. The first kappa shape index (κ1) is 91.2. The van der Waals surface area contributed by atoms with Crippen LogP contribution in [0.2, 0.25) is 0 Å². The van der Waals surface area contributed by atoms with Gasteiger partial charge in [0.1, 0.15) is 54.3 Å². The highest BCUT2D eigenvalue weighted by Gasteiger charge is 2.37. The molecule has 3 saturated heterocycles. The second kappa shape index (κ2) is 46.5. The molecule has 15 rings (SSSR count). The summed E-state index contributed by atoms with van der Waals surface area (Å²) < 4.78 is 23.9. The highest BCUT2D eigenvalue weighted by Crippen LogP contribution is 2.50. The molecular weight excluding hydrogens is 1700 g/mol. The van der Waals surface area contributed by atoms with Gasteiger partial charge in [-0.2, -0.15) is 0 Å². The van der Waals surface area contributed by atoms with Crippen LogP contribution in [0, 0.1) is 0 Å². The normalized spacial score (nSPS) is 19.6. The van der Waals surface area contributed by atoms with E-state index in [0.717, 1.165) is 101 Å². The molecule has 0 radical (unpaired) electrons. The third-order valence-electron chi connectivity index (χ3n) is 22.6. The Labute approximate surface area is 715 Å². The molecule has 118 heavy (non-hydrogen) atoms. The number of aliphatic carboxylic acids is 4. The van der Waals surface area contributed by atoms with Crippen LogP contribution >= 0.6 is 47.3 Å². The largest absolute Gasteiger partial charge is 0.508 e. The van der Waals surface area contributed by atoms with E-state index in [1.165, 1.54) is 145 Å². The summed E-state index contributed by atoms with van der Waals surface area (Å²) in [6, 6.07) is 77.3. The SMILES string of the molecule is BrB(Br)Br.COc1ccc2c(c1)CC[C@H](c1ccccc1)[C@@H]2c1ccc(OCCN2CCCC2)cc1.O=C(O)[C@@H](O)[C@H](O)C(=O)O.O=C(O)[C@@H](O)[C@H](O)C(=O)O.Oc1ccc2c(c1)CC[C@H](c1ccccc1)[C@@H]2c1ccc(OCCN2CCCC2)cc1.Oc1ccc2c(c1)CC[C@H](c1ccccc1)[C@@H]2c1ccc(OCCN2CCCC2)cc1. The van der Waals surface area contributed by atoms with Crippen LogP contribution in [0.5, 0.6) is 34.5 Å². The number of aliphatic hydroxyl groups is 4. The first-order valence-corrected chi connectivity index (χ1v) is 43.1. The van der Waals surface area contributed by atoms with Crippen LogP contribution in [0.3, 0.4) is 0 Å². The van der Waals surface area contributed by atoms with Crippen LogP contribution in [0.25, 0.3) is 0 Å². The summed E-state index contributed by atoms with van der Waals surface area (Å²) in [5.41, 5.74) is 16.2. The van der Waals surface area contributed by atoms with E-state index in [4.69, 9.17) is 59.8 Å². The second-order valence-electron chi connectivity index (χ2n) is 30.2. The number of phenolic OH excluding ortho intramolecular Hbond substituents is 2. The van der Waals surface area contributed by atoms with E-state index in [-0.39, 0.29) is 15.0 Å². The van der Waals surface area contributed by atoms with Crippen LogP contribution in [0.15, 0.2) is 218 Å². The van der Waals surface area contributed by atoms with Crippen LogP contribution < -0.4 is 18.9 Å². The number of aromatic hydroxyl groups is 2. The number of hydrogen-bond donors (Lipinski definition) is 10. The Balaban J connectivity index is 0.000000164. The van der Waals surface area contributed by atoms with Crippen LogP contribution in [0.1, 0.15) is 160 Å². The minimum atomic E-state index is -2.27. The average Bonchev–Trinajstić information content (AvgIpc) is 0.860. The number of benzene rings is 9. The van der Waals surface area contributed by atoms with Crippen molar-refractivity contribution in [2.24, 2.45) is 0 Å². The number of methoxy groups -OCH3 is 1. The molecule has 626 valence electrons. The zero-order valence-electron chi connectivity index (χ0n) is 66.3. The van der Waals surface area contributed by atoms with Gasteiger partial charge in [-0.15, -0.1) is 47.3 Å². The third kappa shape index (κ3) is 26.7. The minimum Gasteiger partial charge on any atom is -0.508 e. The maximum Gasteiger partial charge on any atom is 0.369 e. The van der Waals surface area contributed by atoms with Gasteiger partial charge in [-0.25, -0.2) is 19.2 Å². The maximum absolute atomic E-state index is 10.0. The first-order valence-electron chi connectivity index (χ1n) is 40.4. The number of carboxylic acid groups (broad SMARTS) is 4. The number of ether oxygens (including phenoxy) is 4. The van der Waals surface area contributed by atoms with Crippen LogP contribution in [-0.4, -0.2) is 203 Å². The lowest BCUT2D eigenvalue weighted by Crippen LogP contribution is -2.39. The van der Waals surface area contributed by atoms with Gasteiger partial charge in [-0.3, -0.25) is 14.7 Å². The number of halogens is 3. The van der Waals surface area contributed by atoms with Crippen LogP contribution in [0.4, 0.5) is 0 Å². The topological polar surface area (TPSA) is 317 Å². The number of aliphatic hydroxyl groups excluding tert-OH is 4. The second-order valence-corrected chi connectivity index (χ2v) is 36.6. The average molecular weight is 1810 g/mol. The van der Waals surface area contributed by atoms with Crippen molar-refractivity contribution in [2.75, 3.05) is 85.8 Å². The number of carbonyl (C=O) groups is 4. The summed E-state index contributed by atoms with van der Waals surface area (Å²) in [5.74, 6) is -0.315. The van der Waals surface area contributed by atoms with Crippen molar-refractivity contribution in [2.45, 2.75) is 137 Å². The smallest absolute Gasteiger partial charge is 0.369 e. The number of nitrogens with zero attached hydrogens (tertiary/aromatic N) is 3. The molecule has 3 aliphatic carbocycles. The molecule has 3 fully saturated rings. The van der Waals surface area contributed by atoms with Crippen molar-refractivity contribution >= 4 is 74.3 Å². The zero-order chi connectivity index (χ0) is 84.0. The zero-order valence-corrected chi connectivity index (χ0v) is 71.1. The molecule has 3 heterocycles. The van der Waals surface area contributed by atoms with Gasteiger partial charge < -0.3 is 70.0 Å². The Morgan fingerprint density at radius 2 is 0.602 bits per heavy atom. The number of aryl methyl sites for hydroxylation is 3. The molecule has 10 atom stereocenters. The van der Waals surface area contributed by atoms with E-state index in [0.29, 0.717) is 35.2 Å². The predicted molar refractivity (Wildman–Crippen MR) is 467 cm³/mol. The van der Waals surface area contributed by atoms with Crippen LogP contribution in [-0.2, 0) is 38.4 Å². The summed E-state index contributed by atoms with van der Waals surface area (Å²) in [7, 11) is 1.75. The summed E-state index contributed by atoms with van der Waals surface area (Å²) in [5, 5.41) is 85.1. The van der Waals surface area contributed by atoms with E-state index in [9.17, 15) is 29.4 Å². The van der Waals surface area contributed by atoms with Crippen molar-refractivity contribution in [3.63, 3.8) is 0 Å². The number of hydrogen-bond acceptors (Lipinski definition) is 17. The van der Waals surface area contributed by atoms with Crippen molar-refractivity contribution in [3.05, 3.63) is 285 Å². The Kier molecular flexibility index (Phi) is 35.9. The van der Waals surface area contributed by atoms with Crippen molar-refractivity contribution < 1.29 is 89.2 Å². The molecule has 6 aliphatic rings. The monoisotopic (exact) mass is 1800 g/mol. The molecule has 9 aromatic rings. The highest BCUT2D eigenvalue weighted by atomic mass is 79.9. The summed E-state index contributed by atoms with van der Waals surface area (Å²) in [6.45, 7) is 12.6.